The molecule has 1 aromatic rings. The molecule has 0 amide bonds. The Morgan fingerprint density at radius 3 is 3.00 bits per heavy atom. The van der Waals surface area contributed by atoms with E-state index in [9.17, 15) is 4.39 Å². The summed E-state index contributed by atoms with van der Waals surface area (Å²) in [4.78, 5) is 6.25. The van der Waals surface area contributed by atoms with Crippen LogP contribution >= 0.6 is 11.6 Å². The van der Waals surface area contributed by atoms with Crippen LogP contribution in [0.3, 0.4) is 0 Å². The van der Waals surface area contributed by atoms with Crippen LogP contribution in [0.5, 0.6) is 0 Å². The number of rotatable bonds is 2. The van der Waals surface area contributed by atoms with Crippen molar-refractivity contribution in [3.63, 3.8) is 0 Å². The normalized spacial score (nSPS) is 30.1. The van der Waals surface area contributed by atoms with E-state index in [2.05, 4.69) is 9.88 Å². The number of aromatic nitrogens is 1. The predicted molar refractivity (Wildman–Crippen MR) is 77.7 cm³/mol. The summed E-state index contributed by atoms with van der Waals surface area (Å²) < 4.78 is 19.7. The molecule has 0 bridgehead atoms. The maximum atomic E-state index is 14.1. The largest absolute Gasteiger partial charge is 0.381 e. The molecule has 2 aliphatic rings. The predicted octanol–water partition coefficient (Wildman–Crippen LogP) is 3.66. The number of halogens is 2. The summed E-state index contributed by atoms with van der Waals surface area (Å²) in [6.07, 6.45) is 7.51. The number of piperidine rings is 1. The first-order valence-corrected chi connectivity index (χ1v) is 7.61. The Balaban J connectivity index is 1.85. The molecule has 0 unspecified atom stereocenters. The Hall–Kier alpha value is -0.870. The van der Waals surface area contributed by atoms with E-state index in [0.29, 0.717) is 16.9 Å². The van der Waals surface area contributed by atoms with Gasteiger partial charge in [-0.1, -0.05) is 18.0 Å². The Bertz CT molecular complexity index is 499. The molecule has 1 saturated heterocycles. The Kier molecular flexibility index (Phi) is 3.87. The summed E-state index contributed by atoms with van der Waals surface area (Å²) in [6.45, 7) is 1.68. The van der Waals surface area contributed by atoms with Crippen LogP contribution in [-0.4, -0.2) is 31.3 Å². The van der Waals surface area contributed by atoms with E-state index in [1.807, 2.05) is 0 Å². The third kappa shape index (κ3) is 2.40. The zero-order valence-electron chi connectivity index (χ0n) is 11.7. The molecule has 2 heterocycles. The molecule has 1 aromatic heterocycles. The van der Waals surface area contributed by atoms with E-state index < -0.39 is 0 Å². The number of pyridine rings is 1. The zero-order valence-corrected chi connectivity index (χ0v) is 12.5. The van der Waals surface area contributed by atoms with Crippen molar-refractivity contribution in [2.45, 2.75) is 38.2 Å². The zero-order chi connectivity index (χ0) is 14.2. The molecular formula is C15H20ClFN2O. The fourth-order valence-corrected chi connectivity index (χ4v) is 4.07. The van der Waals surface area contributed by atoms with Gasteiger partial charge in [0.05, 0.1) is 11.1 Å². The molecule has 3 rings (SSSR count). The highest BCUT2D eigenvalue weighted by molar-refractivity contribution is 6.30. The Morgan fingerprint density at radius 1 is 1.45 bits per heavy atom. The van der Waals surface area contributed by atoms with Crippen molar-refractivity contribution in [3.8, 4) is 0 Å². The second-order valence-corrected chi connectivity index (χ2v) is 6.40. The van der Waals surface area contributed by atoms with Crippen molar-refractivity contribution in [1.82, 2.24) is 4.98 Å². The van der Waals surface area contributed by atoms with Gasteiger partial charge in [-0.15, -0.1) is 0 Å². The number of anilines is 1. The quantitative estimate of drug-likeness (QED) is 0.833. The number of methoxy groups -OCH3 is 1. The molecule has 0 N–H and O–H groups in total. The monoisotopic (exact) mass is 298 g/mol. The van der Waals surface area contributed by atoms with E-state index in [-0.39, 0.29) is 11.2 Å². The average molecular weight is 299 g/mol. The lowest BCUT2D eigenvalue weighted by Crippen LogP contribution is -2.48. The van der Waals surface area contributed by atoms with Crippen LogP contribution in [0.25, 0.3) is 0 Å². The first-order valence-electron chi connectivity index (χ1n) is 7.23. The van der Waals surface area contributed by atoms with E-state index >= 15 is 0 Å². The second kappa shape index (κ2) is 5.49. The van der Waals surface area contributed by atoms with E-state index in [4.69, 9.17) is 16.3 Å². The van der Waals surface area contributed by atoms with Gasteiger partial charge in [0.25, 0.3) is 0 Å². The topological polar surface area (TPSA) is 25.4 Å². The molecule has 20 heavy (non-hydrogen) atoms. The van der Waals surface area contributed by atoms with Crippen LogP contribution < -0.4 is 4.90 Å². The van der Waals surface area contributed by atoms with Gasteiger partial charge in [0.2, 0.25) is 0 Å². The molecular weight excluding hydrogens is 279 g/mol. The van der Waals surface area contributed by atoms with Crippen LogP contribution in [0.4, 0.5) is 10.2 Å². The van der Waals surface area contributed by atoms with Crippen molar-refractivity contribution in [1.29, 1.82) is 0 Å². The molecule has 1 spiro atoms. The average Bonchev–Trinajstić information content (AvgIpc) is 2.81. The molecule has 1 saturated carbocycles. The van der Waals surface area contributed by atoms with Crippen LogP contribution in [0.1, 0.15) is 32.1 Å². The summed E-state index contributed by atoms with van der Waals surface area (Å²) in [5.41, 5.74) is 0.167. The van der Waals surface area contributed by atoms with Crippen molar-refractivity contribution in [3.05, 3.63) is 23.1 Å². The van der Waals surface area contributed by atoms with Gasteiger partial charge in [0.1, 0.15) is 0 Å². The smallest absolute Gasteiger partial charge is 0.167 e. The SMILES string of the molecule is CO[C@@H]1CCC[C@]12CCCN(c1ncc(Cl)cc1F)C2. The van der Waals surface area contributed by atoms with Gasteiger partial charge in [-0.25, -0.2) is 9.37 Å². The third-order valence-electron chi connectivity index (χ3n) is 4.80. The minimum Gasteiger partial charge on any atom is -0.381 e. The summed E-state index contributed by atoms with van der Waals surface area (Å²) >= 11 is 5.78. The Morgan fingerprint density at radius 2 is 2.25 bits per heavy atom. The summed E-state index contributed by atoms with van der Waals surface area (Å²) in [6, 6.07) is 1.34. The van der Waals surface area contributed by atoms with Crippen molar-refractivity contribution < 1.29 is 9.13 Å². The second-order valence-electron chi connectivity index (χ2n) is 5.96. The number of ether oxygens (including phenoxy) is 1. The van der Waals surface area contributed by atoms with Crippen molar-refractivity contribution >= 4 is 17.4 Å². The van der Waals surface area contributed by atoms with Gasteiger partial charge in [0, 0.05) is 31.8 Å². The van der Waals surface area contributed by atoms with Gasteiger partial charge >= 0.3 is 0 Å². The Labute approximate surface area is 124 Å². The van der Waals surface area contributed by atoms with Gasteiger partial charge < -0.3 is 9.64 Å². The van der Waals surface area contributed by atoms with Crippen molar-refractivity contribution in [2.75, 3.05) is 25.1 Å². The first-order chi connectivity index (χ1) is 9.64. The first kappa shape index (κ1) is 14.1. The molecule has 0 aromatic carbocycles. The molecule has 2 atom stereocenters. The fourth-order valence-electron chi connectivity index (χ4n) is 3.92. The minimum atomic E-state index is -0.332. The van der Waals surface area contributed by atoms with E-state index in [0.717, 1.165) is 38.8 Å². The lowest BCUT2D eigenvalue weighted by molar-refractivity contribution is 0.00206. The molecule has 5 heteroatoms. The summed E-state index contributed by atoms with van der Waals surface area (Å²) in [5.74, 6) is 0.0942. The van der Waals surface area contributed by atoms with Gasteiger partial charge in [-0.05, 0) is 31.7 Å². The maximum absolute atomic E-state index is 14.1. The molecule has 1 aliphatic carbocycles. The highest BCUT2D eigenvalue weighted by Gasteiger charge is 2.46. The van der Waals surface area contributed by atoms with E-state index in [1.54, 1.807) is 7.11 Å². The highest BCUT2D eigenvalue weighted by Crippen LogP contribution is 2.47. The van der Waals surface area contributed by atoms with Gasteiger partial charge in [-0.3, -0.25) is 0 Å². The van der Waals surface area contributed by atoms with Crippen molar-refractivity contribution in [2.24, 2.45) is 5.41 Å². The van der Waals surface area contributed by atoms with Crippen LogP contribution in [0.2, 0.25) is 5.02 Å². The molecule has 0 radical (unpaired) electrons. The third-order valence-corrected chi connectivity index (χ3v) is 5.01. The molecule has 1 aliphatic heterocycles. The minimum absolute atomic E-state index is 0.167. The van der Waals surface area contributed by atoms with Crippen LogP contribution in [0, 0.1) is 11.2 Å². The lowest BCUT2D eigenvalue weighted by Gasteiger charge is -2.44. The maximum Gasteiger partial charge on any atom is 0.167 e. The summed E-state index contributed by atoms with van der Waals surface area (Å²) in [7, 11) is 1.79. The molecule has 2 fully saturated rings. The molecule has 3 nitrogen and oxygen atoms in total. The number of nitrogens with zero attached hydrogens (tertiary/aromatic N) is 2. The fraction of sp³-hybridized carbons (Fsp3) is 0.667. The molecule has 110 valence electrons. The van der Waals surface area contributed by atoms with Crippen LogP contribution in [0.15, 0.2) is 12.3 Å². The highest BCUT2D eigenvalue weighted by atomic mass is 35.5. The standard InChI is InChI=1S/C15H20ClFN2O/c1-20-13-4-2-5-15(13)6-3-7-19(10-15)14-12(17)8-11(16)9-18-14/h8-9,13H,2-7,10H2,1H3/t13-,15-/m1/s1. The number of hydrogen-bond donors (Lipinski definition) is 0. The number of hydrogen-bond acceptors (Lipinski definition) is 3. The van der Waals surface area contributed by atoms with Crippen LogP contribution in [-0.2, 0) is 4.74 Å². The van der Waals surface area contributed by atoms with Gasteiger partial charge in [0.15, 0.2) is 11.6 Å². The summed E-state index contributed by atoms with van der Waals surface area (Å²) in [5, 5.41) is 0.341. The lowest BCUT2D eigenvalue weighted by atomic mass is 9.76. The van der Waals surface area contributed by atoms with Gasteiger partial charge in [-0.2, -0.15) is 0 Å². The van der Waals surface area contributed by atoms with E-state index in [1.165, 1.54) is 18.7 Å².